The Morgan fingerprint density at radius 1 is 1.03 bits per heavy atom. The fraction of sp³-hybridized carbons (Fsp3) is 0.364. The van der Waals surface area contributed by atoms with Gasteiger partial charge in [-0.1, -0.05) is 18.2 Å². The summed E-state index contributed by atoms with van der Waals surface area (Å²) in [7, 11) is -3.70. The summed E-state index contributed by atoms with van der Waals surface area (Å²) in [6, 6.07) is 12.2. The average molecular weight is 462 g/mol. The smallest absolute Gasteiger partial charge is 0.407 e. The monoisotopic (exact) mass is 461 g/mol. The molecular weight excluding hydrogens is 434 g/mol. The number of anilines is 1. The van der Waals surface area contributed by atoms with Gasteiger partial charge in [0.05, 0.1) is 22.0 Å². The quantitative estimate of drug-likeness (QED) is 0.662. The van der Waals surface area contributed by atoms with E-state index in [9.17, 15) is 18.0 Å². The summed E-state index contributed by atoms with van der Waals surface area (Å²) in [6.07, 6.45) is -0.560. The van der Waals surface area contributed by atoms with Gasteiger partial charge in [0.25, 0.3) is 0 Å². The molecule has 1 aliphatic rings. The van der Waals surface area contributed by atoms with Crippen molar-refractivity contribution >= 4 is 27.6 Å². The van der Waals surface area contributed by atoms with Gasteiger partial charge in [0.2, 0.25) is 9.84 Å². The van der Waals surface area contributed by atoms with Crippen molar-refractivity contribution in [2.24, 2.45) is 0 Å². The van der Waals surface area contributed by atoms with E-state index in [1.807, 2.05) is 0 Å². The van der Waals surface area contributed by atoms with Crippen molar-refractivity contribution in [3.05, 3.63) is 48.5 Å². The van der Waals surface area contributed by atoms with Crippen molar-refractivity contribution < 1.29 is 27.5 Å². The number of hydrogen-bond donors (Lipinski definition) is 2. The van der Waals surface area contributed by atoms with E-state index in [0.29, 0.717) is 18.0 Å². The van der Waals surface area contributed by atoms with Crippen LogP contribution < -0.4 is 20.3 Å². The molecule has 9 nitrogen and oxygen atoms in total. The van der Waals surface area contributed by atoms with Crippen LogP contribution in [0.3, 0.4) is 0 Å². The highest BCUT2D eigenvalue weighted by Gasteiger charge is 2.26. The number of sulfone groups is 1. The minimum Gasteiger partial charge on any atom is -0.489 e. The standard InChI is InChI=1S/C22H27N3O6S/c1-22(2,3)31-21(27)24-12-11-23-20(26)25-13-14-30-19-15-17(9-10-18(19)25)32(28,29)16-7-5-4-6-8-16/h4-10,15H,11-14H2,1-3H3,(H,23,26)(H,24,27). The number of benzene rings is 2. The van der Waals surface area contributed by atoms with Crippen LogP contribution in [-0.4, -0.2) is 52.4 Å². The van der Waals surface area contributed by atoms with Gasteiger partial charge < -0.3 is 20.1 Å². The first kappa shape index (κ1) is 23.4. The van der Waals surface area contributed by atoms with E-state index < -0.39 is 21.5 Å². The number of alkyl carbamates (subject to hydrolysis) is 1. The first-order valence-electron chi connectivity index (χ1n) is 10.2. The Morgan fingerprint density at radius 2 is 1.72 bits per heavy atom. The van der Waals surface area contributed by atoms with Gasteiger partial charge in [-0.3, -0.25) is 4.90 Å². The first-order valence-corrected chi connectivity index (χ1v) is 11.7. The predicted molar refractivity (Wildman–Crippen MR) is 119 cm³/mol. The van der Waals surface area contributed by atoms with Crippen molar-refractivity contribution in [3.8, 4) is 5.75 Å². The van der Waals surface area contributed by atoms with E-state index in [-0.39, 0.29) is 35.5 Å². The molecule has 0 spiro atoms. The number of ether oxygens (including phenoxy) is 2. The van der Waals surface area contributed by atoms with Crippen LogP contribution in [0.15, 0.2) is 58.3 Å². The first-order chi connectivity index (χ1) is 15.1. The normalized spacial score (nSPS) is 13.5. The van der Waals surface area contributed by atoms with Crippen molar-refractivity contribution in [1.82, 2.24) is 10.6 Å². The molecular formula is C22H27N3O6S. The summed E-state index contributed by atoms with van der Waals surface area (Å²) < 4.78 is 36.5. The lowest BCUT2D eigenvalue weighted by molar-refractivity contribution is 0.0528. The second-order valence-corrected chi connectivity index (χ2v) is 10.1. The Morgan fingerprint density at radius 3 is 2.41 bits per heavy atom. The topological polar surface area (TPSA) is 114 Å². The summed E-state index contributed by atoms with van der Waals surface area (Å²) in [5.74, 6) is 0.315. The highest BCUT2D eigenvalue weighted by atomic mass is 32.2. The van der Waals surface area contributed by atoms with E-state index in [2.05, 4.69) is 10.6 Å². The van der Waals surface area contributed by atoms with Gasteiger partial charge in [-0.25, -0.2) is 18.0 Å². The van der Waals surface area contributed by atoms with Crippen LogP contribution in [0.5, 0.6) is 5.75 Å². The molecule has 0 fully saturated rings. The molecule has 2 N–H and O–H groups in total. The van der Waals surface area contributed by atoms with Crippen LogP contribution in [0.2, 0.25) is 0 Å². The highest BCUT2D eigenvalue weighted by Crippen LogP contribution is 2.35. The molecule has 0 saturated heterocycles. The van der Waals surface area contributed by atoms with Gasteiger partial charge in [-0.2, -0.15) is 0 Å². The summed E-state index contributed by atoms with van der Waals surface area (Å²) in [5, 5.41) is 5.30. The largest absolute Gasteiger partial charge is 0.489 e. The van der Waals surface area contributed by atoms with Gasteiger partial charge in [0, 0.05) is 19.2 Å². The number of nitrogens with one attached hydrogen (secondary N) is 2. The molecule has 0 unspecified atom stereocenters. The van der Waals surface area contributed by atoms with Gasteiger partial charge in [0.1, 0.15) is 18.0 Å². The lowest BCUT2D eigenvalue weighted by Gasteiger charge is -2.30. The maximum atomic E-state index is 12.9. The fourth-order valence-corrected chi connectivity index (χ4v) is 4.35. The SMILES string of the molecule is CC(C)(C)OC(=O)NCCNC(=O)N1CCOc2cc(S(=O)(=O)c3ccccc3)ccc21. The number of rotatable bonds is 5. The number of urea groups is 1. The second-order valence-electron chi connectivity index (χ2n) is 8.11. The summed E-state index contributed by atoms with van der Waals surface area (Å²) in [6.45, 7) is 6.23. The van der Waals surface area contributed by atoms with E-state index in [1.54, 1.807) is 45.0 Å². The molecule has 3 amide bonds. The molecule has 0 saturated carbocycles. The molecule has 2 aromatic rings. The zero-order valence-electron chi connectivity index (χ0n) is 18.3. The fourth-order valence-electron chi connectivity index (χ4n) is 3.06. The zero-order valence-corrected chi connectivity index (χ0v) is 19.1. The third-order valence-corrected chi connectivity index (χ3v) is 6.24. The molecule has 32 heavy (non-hydrogen) atoms. The lowest BCUT2D eigenvalue weighted by atomic mass is 10.2. The van der Waals surface area contributed by atoms with Crippen molar-refractivity contribution in [2.75, 3.05) is 31.1 Å². The summed E-state index contributed by atoms with van der Waals surface area (Å²) >= 11 is 0. The molecule has 10 heteroatoms. The third kappa shape index (κ3) is 5.70. The van der Waals surface area contributed by atoms with Crippen LogP contribution in [0, 0.1) is 0 Å². The molecule has 2 aromatic carbocycles. The minimum absolute atomic E-state index is 0.0891. The highest BCUT2D eigenvalue weighted by molar-refractivity contribution is 7.91. The Balaban J connectivity index is 1.64. The van der Waals surface area contributed by atoms with Crippen molar-refractivity contribution in [1.29, 1.82) is 0 Å². The van der Waals surface area contributed by atoms with Crippen LogP contribution in [0.25, 0.3) is 0 Å². The number of carbonyl (C=O) groups is 2. The number of carbonyl (C=O) groups excluding carboxylic acids is 2. The van der Waals surface area contributed by atoms with E-state index in [0.717, 1.165) is 0 Å². The maximum Gasteiger partial charge on any atom is 0.407 e. The minimum atomic E-state index is -3.70. The predicted octanol–water partition coefficient (Wildman–Crippen LogP) is 2.95. The Kier molecular flexibility index (Phi) is 6.93. The Hall–Kier alpha value is -3.27. The average Bonchev–Trinajstić information content (AvgIpc) is 2.75. The van der Waals surface area contributed by atoms with Crippen molar-refractivity contribution in [2.45, 2.75) is 36.2 Å². The van der Waals surface area contributed by atoms with E-state index >= 15 is 0 Å². The van der Waals surface area contributed by atoms with Gasteiger partial charge in [0.15, 0.2) is 0 Å². The van der Waals surface area contributed by atoms with Crippen LogP contribution in [0.4, 0.5) is 15.3 Å². The molecule has 0 radical (unpaired) electrons. The molecule has 172 valence electrons. The molecule has 0 aliphatic carbocycles. The van der Waals surface area contributed by atoms with Crippen LogP contribution in [-0.2, 0) is 14.6 Å². The van der Waals surface area contributed by atoms with Gasteiger partial charge >= 0.3 is 12.1 Å². The van der Waals surface area contributed by atoms with Crippen molar-refractivity contribution in [3.63, 3.8) is 0 Å². The molecule has 0 atom stereocenters. The third-order valence-electron chi connectivity index (χ3n) is 4.47. The Labute approximate surface area is 187 Å². The van der Waals surface area contributed by atoms with Crippen LogP contribution >= 0.6 is 0 Å². The van der Waals surface area contributed by atoms with Gasteiger partial charge in [-0.15, -0.1) is 0 Å². The number of fused-ring (bicyclic) bond motifs is 1. The van der Waals surface area contributed by atoms with Crippen LogP contribution in [0.1, 0.15) is 20.8 Å². The lowest BCUT2D eigenvalue weighted by Crippen LogP contribution is -2.46. The number of nitrogens with zero attached hydrogens (tertiary/aromatic N) is 1. The van der Waals surface area contributed by atoms with E-state index in [1.165, 1.54) is 29.2 Å². The zero-order chi connectivity index (χ0) is 23.4. The molecule has 3 rings (SSSR count). The van der Waals surface area contributed by atoms with E-state index in [4.69, 9.17) is 9.47 Å². The second kappa shape index (κ2) is 9.47. The molecule has 0 bridgehead atoms. The summed E-state index contributed by atoms with van der Waals surface area (Å²) in [5.41, 5.74) is -0.126. The maximum absolute atomic E-state index is 12.9. The Bertz CT molecular complexity index is 1080. The number of amides is 3. The number of hydrogen-bond acceptors (Lipinski definition) is 6. The molecule has 0 aromatic heterocycles. The van der Waals surface area contributed by atoms with Gasteiger partial charge in [-0.05, 0) is 45.0 Å². The summed E-state index contributed by atoms with van der Waals surface area (Å²) in [4.78, 5) is 26.0. The molecule has 1 aliphatic heterocycles. The molecule has 1 heterocycles.